The molecule has 6 aliphatic rings. The van der Waals surface area contributed by atoms with Gasteiger partial charge in [0, 0.05) is 89.0 Å². The highest BCUT2D eigenvalue weighted by molar-refractivity contribution is 7.90. The number of amides is 1. The Bertz CT molecular complexity index is 2480. The summed E-state index contributed by atoms with van der Waals surface area (Å²) in [4.78, 5) is 37.3. The number of pyridine rings is 1. The van der Waals surface area contributed by atoms with Crippen molar-refractivity contribution >= 4 is 44.0 Å². The van der Waals surface area contributed by atoms with Gasteiger partial charge in [0.2, 0.25) is 0 Å². The second kappa shape index (κ2) is 16.9. The molecule has 4 heterocycles. The standard InChI is InChI=1S/C46H57N7O8S/c1-45(2)12-8-32(38(25-45)39-26-46(59-3)23-33(39)24-46)29-51-14-16-52(17-15-51)34-4-6-37(42(21-34)61-35-20-31-9-13-47-43(31)49-28-35)44(54)50-62(57,58)36-5-7-40(41(22-36)53(55)56)48-27-30-10-18-60-19-11-30/h4-7,9,13,20-22,28,30,33,39,48H,8,10-12,14-19,23-27,29H2,1-3H3,(H,47,49)(H,50,54)/t33?,39-,46?/m1/s1. The van der Waals surface area contributed by atoms with Crippen molar-refractivity contribution in [3.05, 3.63) is 87.7 Å². The van der Waals surface area contributed by atoms with E-state index in [-0.39, 0.29) is 28.5 Å². The van der Waals surface area contributed by atoms with Gasteiger partial charge in [-0.05, 0) is 111 Å². The molecule has 3 saturated carbocycles. The normalized spacial score (nSPS) is 24.2. The minimum atomic E-state index is -4.54. The second-order valence-corrected chi connectivity index (χ2v) is 20.5. The van der Waals surface area contributed by atoms with Gasteiger partial charge in [0.1, 0.15) is 22.8 Å². The first-order valence-electron chi connectivity index (χ1n) is 21.9. The molecule has 2 bridgehead atoms. The van der Waals surface area contributed by atoms with Gasteiger partial charge in [-0.15, -0.1) is 0 Å². The summed E-state index contributed by atoms with van der Waals surface area (Å²) >= 11 is 0. The predicted octanol–water partition coefficient (Wildman–Crippen LogP) is 7.66. The third-order valence-corrected chi connectivity index (χ3v) is 15.5. The molecule has 0 spiro atoms. The summed E-state index contributed by atoms with van der Waals surface area (Å²) in [5.74, 6) is 1.24. The Kier molecular flexibility index (Phi) is 11.5. The highest BCUT2D eigenvalue weighted by atomic mass is 32.2. The van der Waals surface area contributed by atoms with Crippen molar-refractivity contribution in [1.29, 1.82) is 0 Å². The van der Waals surface area contributed by atoms with Crippen molar-refractivity contribution in [1.82, 2.24) is 19.6 Å². The molecular weight excluding hydrogens is 811 g/mol. The molecule has 330 valence electrons. The first kappa shape index (κ1) is 42.3. The Morgan fingerprint density at radius 1 is 1.05 bits per heavy atom. The maximum atomic E-state index is 13.9. The number of fused-ring (bicyclic) bond motifs is 2. The molecule has 15 nitrogen and oxygen atoms in total. The monoisotopic (exact) mass is 867 g/mol. The lowest BCUT2D eigenvalue weighted by molar-refractivity contribution is -0.384. The zero-order valence-electron chi connectivity index (χ0n) is 35.8. The maximum Gasteiger partial charge on any atom is 0.293 e. The van der Waals surface area contributed by atoms with Crippen LogP contribution in [-0.2, 0) is 19.5 Å². The molecule has 10 rings (SSSR count). The number of sulfonamides is 1. The summed E-state index contributed by atoms with van der Waals surface area (Å²) in [7, 11) is -2.66. The minimum absolute atomic E-state index is 0.0193. The van der Waals surface area contributed by atoms with Crippen LogP contribution in [0.25, 0.3) is 11.0 Å². The van der Waals surface area contributed by atoms with Gasteiger partial charge in [0.25, 0.3) is 21.6 Å². The minimum Gasteiger partial charge on any atom is -0.455 e. The zero-order valence-corrected chi connectivity index (χ0v) is 36.6. The van der Waals surface area contributed by atoms with Crippen LogP contribution in [0.5, 0.6) is 11.5 Å². The number of allylic oxidation sites excluding steroid dienone is 1. The molecule has 2 aliphatic heterocycles. The number of hydrogen-bond donors (Lipinski definition) is 3. The van der Waals surface area contributed by atoms with Crippen LogP contribution in [0.2, 0.25) is 0 Å². The summed E-state index contributed by atoms with van der Waals surface area (Å²) in [6, 6.07) is 12.4. The van der Waals surface area contributed by atoms with Crippen LogP contribution in [0.4, 0.5) is 17.1 Å². The number of nitrogens with zero attached hydrogens (tertiary/aromatic N) is 4. The molecular formula is C46H57N7O8S. The number of methoxy groups -OCH3 is 1. The van der Waals surface area contributed by atoms with E-state index < -0.39 is 31.4 Å². The number of nitrogens with one attached hydrogen (secondary N) is 3. The van der Waals surface area contributed by atoms with E-state index in [1.54, 1.807) is 41.7 Å². The smallest absolute Gasteiger partial charge is 0.293 e. The maximum absolute atomic E-state index is 13.9. The van der Waals surface area contributed by atoms with Crippen molar-refractivity contribution in [2.75, 3.05) is 69.8 Å². The molecule has 0 radical (unpaired) electrons. The van der Waals surface area contributed by atoms with Gasteiger partial charge in [-0.2, -0.15) is 0 Å². The van der Waals surface area contributed by atoms with Gasteiger partial charge in [-0.3, -0.25) is 19.8 Å². The Morgan fingerprint density at radius 3 is 2.58 bits per heavy atom. The molecule has 2 saturated heterocycles. The van der Waals surface area contributed by atoms with Crippen molar-refractivity contribution in [2.45, 2.75) is 75.7 Å². The number of carbonyl (C=O) groups is 1. The molecule has 3 N–H and O–H groups in total. The van der Waals surface area contributed by atoms with Gasteiger partial charge >= 0.3 is 0 Å². The van der Waals surface area contributed by atoms with E-state index >= 15 is 0 Å². The molecule has 0 unspecified atom stereocenters. The average Bonchev–Trinajstić information content (AvgIpc) is 3.98. The van der Waals surface area contributed by atoms with Crippen LogP contribution in [0.1, 0.15) is 75.6 Å². The average molecular weight is 868 g/mol. The van der Waals surface area contributed by atoms with E-state index in [9.17, 15) is 23.3 Å². The zero-order chi connectivity index (χ0) is 43.2. The van der Waals surface area contributed by atoms with E-state index in [2.05, 4.69) is 43.7 Å². The van der Waals surface area contributed by atoms with Crippen LogP contribution in [-0.4, -0.2) is 99.3 Å². The van der Waals surface area contributed by atoms with Crippen molar-refractivity contribution in [3.8, 4) is 11.5 Å². The number of nitro benzene ring substituents is 1. The van der Waals surface area contributed by atoms with Crippen LogP contribution in [0.3, 0.4) is 0 Å². The highest BCUT2D eigenvalue weighted by Gasteiger charge is 2.58. The molecule has 1 atom stereocenters. The van der Waals surface area contributed by atoms with E-state index in [4.69, 9.17) is 14.2 Å². The molecule has 1 amide bonds. The third kappa shape index (κ3) is 8.79. The van der Waals surface area contributed by atoms with Gasteiger partial charge in [-0.1, -0.05) is 25.0 Å². The second-order valence-electron chi connectivity index (χ2n) is 18.8. The van der Waals surface area contributed by atoms with E-state index in [0.29, 0.717) is 42.5 Å². The summed E-state index contributed by atoms with van der Waals surface area (Å²) in [6.07, 6.45) is 12.0. The van der Waals surface area contributed by atoms with E-state index in [1.807, 2.05) is 19.2 Å². The number of ether oxygens (including phenoxy) is 3. The predicted molar refractivity (Wildman–Crippen MR) is 236 cm³/mol. The number of benzene rings is 2. The van der Waals surface area contributed by atoms with E-state index in [0.717, 1.165) is 81.5 Å². The Morgan fingerprint density at radius 2 is 1.84 bits per heavy atom. The number of aromatic amines is 1. The van der Waals surface area contributed by atoms with Gasteiger partial charge in [0.05, 0.1) is 27.2 Å². The number of hydrogen-bond acceptors (Lipinski definition) is 12. The van der Waals surface area contributed by atoms with Crippen LogP contribution < -0.4 is 19.7 Å². The summed E-state index contributed by atoms with van der Waals surface area (Å²) in [5.41, 5.74) is 5.02. The number of piperazine rings is 1. The van der Waals surface area contributed by atoms with Gasteiger partial charge in [-0.25, -0.2) is 18.1 Å². The van der Waals surface area contributed by atoms with Crippen molar-refractivity contribution in [3.63, 3.8) is 0 Å². The van der Waals surface area contributed by atoms with E-state index in [1.165, 1.54) is 37.8 Å². The summed E-state index contributed by atoms with van der Waals surface area (Å²) in [5, 5.41) is 16.0. The summed E-state index contributed by atoms with van der Waals surface area (Å²) < 4.78 is 47.3. The molecule has 2 aromatic heterocycles. The Labute approximate surface area is 362 Å². The van der Waals surface area contributed by atoms with Gasteiger partial charge < -0.3 is 29.4 Å². The molecule has 4 aromatic rings. The number of rotatable bonds is 14. The number of anilines is 2. The summed E-state index contributed by atoms with van der Waals surface area (Å²) in [6.45, 7) is 10.8. The quantitative estimate of drug-likeness (QED) is 0.0641. The van der Waals surface area contributed by atoms with Crippen LogP contribution >= 0.6 is 0 Å². The lowest BCUT2D eigenvalue weighted by atomic mass is 9.68. The van der Waals surface area contributed by atoms with Crippen molar-refractivity contribution < 1.29 is 32.3 Å². The molecule has 5 fully saturated rings. The fraction of sp³-hybridized carbons (Fsp3) is 0.522. The number of nitro groups is 1. The number of carbonyl (C=O) groups excluding carboxylic acids is 1. The fourth-order valence-electron chi connectivity index (χ4n) is 10.5. The third-order valence-electron chi connectivity index (χ3n) is 14.1. The van der Waals surface area contributed by atoms with Crippen LogP contribution in [0.15, 0.2) is 77.0 Å². The highest BCUT2D eigenvalue weighted by Crippen LogP contribution is 2.61. The first-order chi connectivity index (χ1) is 29.8. The van der Waals surface area contributed by atoms with Crippen molar-refractivity contribution in [2.24, 2.45) is 23.2 Å². The molecule has 16 heteroatoms. The lowest BCUT2D eigenvalue weighted by Crippen LogP contribution is -2.47. The number of aromatic nitrogens is 2. The SMILES string of the molecule is COC12CC(C1)[C@H](C1=C(CN3CCN(c4ccc(C(=O)NS(=O)(=O)c5ccc(NCC6CCOCC6)c([N+](=O)[O-])c5)c(Oc5cnc6[nH]ccc6c5)c4)CC3)CCC(C)(C)C1)C2. The largest absolute Gasteiger partial charge is 0.455 e. The molecule has 2 aromatic carbocycles. The molecule has 62 heavy (non-hydrogen) atoms. The number of H-pyrrole nitrogens is 1. The van der Waals surface area contributed by atoms with Crippen LogP contribution in [0, 0.1) is 33.3 Å². The Balaban J connectivity index is 0.919. The Hall–Kier alpha value is -5.03. The lowest BCUT2D eigenvalue weighted by Gasteiger charge is -2.41. The fourth-order valence-corrected chi connectivity index (χ4v) is 11.4. The van der Waals surface area contributed by atoms with Gasteiger partial charge in [0.15, 0.2) is 0 Å². The topological polar surface area (TPSA) is 181 Å². The first-order valence-corrected chi connectivity index (χ1v) is 23.4. The molecule has 4 aliphatic carbocycles.